The summed E-state index contributed by atoms with van der Waals surface area (Å²) in [4.78, 5) is 0. The Morgan fingerprint density at radius 2 is 1.76 bits per heavy atom. The molecule has 0 atom stereocenters. The van der Waals surface area contributed by atoms with Gasteiger partial charge in [0.15, 0.2) is 0 Å². The van der Waals surface area contributed by atoms with Crippen LogP contribution in [0.25, 0.3) is 0 Å². The van der Waals surface area contributed by atoms with Crippen LogP contribution in [0, 0.1) is 6.92 Å². The number of hydrogen-bond donors (Lipinski definition) is 3. The number of rotatable bonds is 3. The molecule has 3 nitrogen and oxygen atoms in total. The Kier molecular flexibility index (Phi) is 3.19. The summed E-state index contributed by atoms with van der Waals surface area (Å²) < 4.78 is 0. The van der Waals surface area contributed by atoms with Crippen molar-refractivity contribution in [1.29, 1.82) is 0 Å². The molecule has 2 rings (SSSR count). The van der Waals surface area contributed by atoms with Crippen LogP contribution in [0.4, 0.5) is 5.69 Å². The average Bonchev–Trinajstić information content (AvgIpc) is 2.32. The molecule has 0 aliphatic rings. The predicted molar refractivity (Wildman–Crippen MR) is 68.3 cm³/mol. The number of hydrogen-bond acceptors (Lipinski definition) is 3. The molecule has 0 aliphatic carbocycles. The van der Waals surface area contributed by atoms with E-state index in [1.54, 1.807) is 18.2 Å². The van der Waals surface area contributed by atoms with E-state index in [9.17, 15) is 10.2 Å². The molecule has 0 spiro atoms. The molecule has 0 saturated heterocycles. The largest absolute Gasteiger partial charge is 0.508 e. The van der Waals surface area contributed by atoms with Gasteiger partial charge in [0.25, 0.3) is 0 Å². The van der Waals surface area contributed by atoms with Gasteiger partial charge < -0.3 is 15.5 Å². The molecule has 0 heterocycles. The van der Waals surface area contributed by atoms with E-state index in [0.29, 0.717) is 6.54 Å². The number of para-hydroxylation sites is 1. The Labute approximate surface area is 100 Å². The zero-order chi connectivity index (χ0) is 12.3. The third-order valence-electron chi connectivity index (χ3n) is 2.68. The quantitative estimate of drug-likeness (QED) is 0.758. The molecular weight excluding hydrogens is 214 g/mol. The highest BCUT2D eigenvalue weighted by molar-refractivity contribution is 5.51. The second kappa shape index (κ2) is 4.78. The molecule has 0 fully saturated rings. The van der Waals surface area contributed by atoms with Crippen LogP contribution in [0.1, 0.15) is 11.1 Å². The number of benzene rings is 2. The molecule has 2 aromatic rings. The van der Waals surface area contributed by atoms with Crippen LogP contribution < -0.4 is 5.32 Å². The van der Waals surface area contributed by atoms with Crippen molar-refractivity contribution in [2.45, 2.75) is 13.5 Å². The first-order chi connectivity index (χ1) is 8.16. The van der Waals surface area contributed by atoms with E-state index in [0.717, 1.165) is 16.8 Å². The molecule has 0 amide bonds. The molecule has 3 heteroatoms. The van der Waals surface area contributed by atoms with Gasteiger partial charge >= 0.3 is 0 Å². The standard InChI is InChI=1S/C14H15NO2/c1-10-6-7-12(8-14(10)17)15-9-11-4-2-3-5-13(11)16/h2-8,15-17H,9H2,1H3. The van der Waals surface area contributed by atoms with Crippen molar-refractivity contribution in [3.63, 3.8) is 0 Å². The third kappa shape index (κ3) is 2.69. The van der Waals surface area contributed by atoms with Crippen LogP contribution in [-0.4, -0.2) is 10.2 Å². The van der Waals surface area contributed by atoms with Gasteiger partial charge in [-0.3, -0.25) is 0 Å². The fourth-order valence-electron chi connectivity index (χ4n) is 1.58. The number of phenols is 2. The zero-order valence-corrected chi connectivity index (χ0v) is 9.64. The number of aryl methyl sites for hydroxylation is 1. The van der Waals surface area contributed by atoms with Gasteiger partial charge in [-0.1, -0.05) is 24.3 Å². The molecule has 3 N–H and O–H groups in total. The lowest BCUT2D eigenvalue weighted by molar-refractivity contribution is 0.469. The summed E-state index contributed by atoms with van der Waals surface area (Å²) in [5, 5.41) is 22.3. The second-order valence-electron chi connectivity index (χ2n) is 3.98. The van der Waals surface area contributed by atoms with Crippen LogP contribution in [0.3, 0.4) is 0 Å². The normalized spacial score (nSPS) is 10.2. The molecule has 0 radical (unpaired) electrons. The maximum absolute atomic E-state index is 9.60. The van der Waals surface area contributed by atoms with Crippen molar-refractivity contribution in [2.24, 2.45) is 0 Å². The SMILES string of the molecule is Cc1ccc(NCc2ccccc2O)cc1O. The number of nitrogens with one attached hydrogen (secondary N) is 1. The minimum atomic E-state index is 0.271. The van der Waals surface area contributed by atoms with E-state index < -0.39 is 0 Å². The van der Waals surface area contributed by atoms with Gasteiger partial charge in [-0.15, -0.1) is 0 Å². The minimum Gasteiger partial charge on any atom is -0.508 e. The van der Waals surface area contributed by atoms with Crippen molar-refractivity contribution in [3.8, 4) is 11.5 Å². The molecule has 0 saturated carbocycles. The topological polar surface area (TPSA) is 52.5 Å². The van der Waals surface area contributed by atoms with Crippen LogP contribution in [0.5, 0.6) is 11.5 Å². The summed E-state index contributed by atoms with van der Waals surface area (Å²) in [6, 6.07) is 12.6. The summed E-state index contributed by atoms with van der Waals surface area (Å²) in [7, 11) is 0. The summed E-state index contributed by atoms with van der Waals surface area (Å²) in [5.74, 6) is 0.545. The van der Waals surface area contributed by atoms with E-state index in [-0.39, 0.29) is 11.5 Å². The van der Waals surface area contributed by atoms with Gasteiger partial charge in [0.2, 0.25) is 0 Å². The smallest absolute Gasteiger partial charge is 0.120 e. The van der Waals surface area contributed by atoms with Gasteiger partial charge in [0.1, 0.15) is 11.5 Å². The molecule has 2 aromatic carbocycles. The maximum atomic E-state index is 9.60. The van der Waals surface area contributed by atoms with Crippen LogP contribution in [0.2, 0.25) is 0 Å². The van der Waals surface area contributed by atoms with Crippen molar-refractivity contribution >= 4 is 5.69 Å². The Bertz CT molecular complexity index is 523. The highest BCUT2D eigenvalue weighted by atomic mass is 16.3. The predicted octanol–water partition coefficient (Wildman–Crippen LogP) is 3.02. The first-order valence-electron chi connectivity index (χ1n) is 5.47. The second-order valence-corrected chi connectivity index (χ2v) is 3.98. The molecule has 0 aromatic heterocycles. The van der Waals surface area contributed by atoms with Crippen LogP contribution in [-0.2, 0) is 6.54 Å². The molecule has 0 unspecified atom stereocenters. The fourth-order valence-corrected chi connectivity index (χ4v) is 1.58. The van der Waals surface area contributed by atoms with E-state index in [1.165, 1.54) is 0 Å². The van der Waals surface area contributed by atoms with Crippen LogP contribution >= 0.6 is 0 Å². The number of anilines is 1. The summed E-state index contributed by atoms with van der Waals surface area (Å²) in [5.41, 5.74) is 2.50. The van der Waals surface area contributed by atoms with Crippen molar-refractivity contribution in [2.75, 3.05) is 5.32 Å². The van der Waals surface area contributed by atoms with Crippen molar-refractivity contribution < 1.29 is 10.2 Å². The first-order valence-corrected chi connectivity index (χ1v) is 5.47. The van der Waals surface area contributed by atoms with Gasteiger partial charge in [-0.25, -0.2) is 0 Å². The third-order valence-corrected chi connectivity index (χ3v) is 2.68. The molecule has 17 heavy (non-hydrogen) atoms. The Morgan fingerprint density at radius 1 is 1.00 bits per heavy atom. The summed E-state index contributed by atoms with van der Waals surface area (Å²) in [6.45, 7) is 2.37. The lowest BCUT2D eigenvalue weighted by Crippen LogP contribution is -1.99. The van der Waals surface area contributed by atoms with E-state index in [1.807, 2.05) is 31.2 Å². The lowest BCUT2D eigenvalue weighted by Gasteiger charge is -2.09. The van der Waals surface area contributed by atoms with E-state index in [4.69, 9.17) is 0 Å². The first kappa shape index (κ1) is 11.3. The number of phenolic OH excluding ortho intramolecular Hbond substituents is 2. The Hall–Kier alpha value is -2.16. The molecule has 0 bridgehead atoms. The monoisotopic (exact) mass is 229 g/mol. The molecule has 88 valence electrons. The summed E-state index contributed by atoms with van der Waals surface area (Å²) >= 11 is 0. The van der Waals surface area contributed by atoms with Gasteiger partial charge in [0, 0.05) is 23.9 Å². The zero-order valence-electron chi connectivity index (χ0n) is 9.64. The van der Waals surface area contributed by atoms with Gasteiger partial charge in [0.05, 0.1) is 0 Å². The average molecular weight is 229 g/mol. The number of aromatic hydroxyl groups is 2. The fraction of sp³-hybridized carbons (Fsp3) is 0.143. The summed E-state index contributed by atoms with van der Waals surface area (Å²) in [6.07, 6.45) is 0. The van der Waals surface area contributed by atoms with Gasteiger partial charge in [-0.05, 0) is 24.6 Å². The Balaban J connectivity index is 2.08. The Morgan fingerprint density at radius 3 is 2.47 bits per heavy atom. The minimum absolute atomic E-state index is 0.271. The lowest BCUT2D eigenvalue weighted by atomic mass is 10.1. The van der Waals surface area contributed by atoms with Crippen molar-refractivity contribution in [1.82, 2.24) is 0 Å². The van der Waals surface area contributed by atoms with Gasteiger partial charge in [-0.2, -0.15) is 0 Å². The molecule has 0 aliphatic heterocycles. The van der Waals surface area contributed by atoms with E-state index in [2.05, 4.69) is 5.32 Å². The highest BCUT2D eigenvalue weighted by Gasteiger charge is 2.01. The maximum Gasteiger partial charge on any atom is 0.120 e. The van der Waals surface area contributed by atoms with E-state index >= 15 is 0 Å². The van der Waals surface area contributed by atoms with Crippen LogP contribution in [0.15, 0.2) is 42.5 Å². The molecular formula is C14H15NO2. The highest BCUT2D eigenvalue weighted by Crippen LogP contribution is 2.22. The van der Waals surface area contributed by atoms with Crippen molar-refractivity contribution in [3.05, 3.63) is 53.6 Å².